The van der Waals surface area contributed by atoms with Gasteiger partial charge in [0.15, 0.2) is 0 Å². The van der Waals surface area contributed by atoms with Crippen molar-refractivity contribution in [3.8, 4) is 5.75 Å². The second kappa shape index (κ2) is 7.79. The number of para-hydroxylation sites is 1. The molecule has 0 fully saturated rings. The van der Waals surface area contributed by atoms with E-state index in [1.165, 1.54) is 12.7 Å². The van der Waals surface area contributed by atoms with Gasteiger partial charge in [-0.25, -0.2) is 0 Å². The fourth-order valence-electron chi connectivity index (χ4n) is 2.34. The third-order valence-electron chi connectivity index (χ3n) is 3.80. The van der Waals surface area contributed by atoms with Gasteiger partial charge in [0.05, 0.1) is 18.8 Å². The molecule has 2 rings (SSSR count). The molecule has 1 unspecified atom stereocenters. The van der Waals surface area contributed by atoms with Crippen LogP contribution in [0, 0.1) is 0 Å². The molecule has 0 saturated heterocycles. The second-order valence-corrected chi connectivity index (χ2v) is 5.75. The molecule has 0 aliphatic rings. The van der Waals surface area contributed by atoms with Crippen molar-refractivity contribution in [1.29, 1.82) is 0 Å². The van der Waals surface area contributed by atoms with E-state index in [-0.39, 0.29) is 12.5 Å². The van der Waals surface area contributed by atoms with Crippen molar-refractivity contribution in [2.24, 2.45) is 0 Å². The van der Waals surface area contributed by atoms with Crippen LogP contribution in [0.2, 0.25) is 0 Å². The highest BCUT2D eigenvalue weighted by molar-refractivity contribution is 5.96. The molecule has 0 aliphatic carbocycles. The predicted octanol–water partition coefficient (Wildman–Crippen LogP) is 3.28. The first-order valence-electron chi connectivity index (χ1n) is 7.72. The molecule has 4 heteroatoms. The summed E-state index contributed by atoms with van der Waals surface area (Å²) in [5.41, 5.74) is 2.46. The van der Waals surface area contributed by atoms with Gasteiger partial charge in [0.2, 0.25) is 0 Å². The molecule has 0 heterocycles. The maximum atomic E-state index is 12.2. The number of amides is 1. The third kappa shape index (κ3) is 4.33. The molecule has 0 aliphatic heterocycles. The van der Waals surface area contributed by atoms with Crippen LogP contribution in [-0.2, 0) is 0 Å². The summed E-state index contributed by atoms with van der Waals surface area (Å²) in [5.74, 6) is 0.701. The summed E-state index contributed by atoms with van der Waals surface area (Å²) in [6, 6.07) is 14.8. The van der Waals surface area contributed by atoms with E-state index in [4.69, 9.17) is 4.74 Å². The molecule has 4 nitrogen and oxygen atoms in total. The third-order valence-corrected chi connectivity index (χ3v) is 3.80. The molecule has 2 aromatic carbocycles. The average molecular weight is 313 g/mol. The summed E-state index contributed by atoms with van der Waals surface area (Å²) in [6.45, 7) is 4.40. The number of rotatable bonds is 6. The normalized spacial score (nSPS) is 12.0. The first-order valence-corrected chi connectivity index (χ1v) is 7.72. The van der Waals surface area contributed by atoms with E-state index in [1.54, 1.807) is 24.3 Å². The molecule has 0 bridgehead atoms. The highest BCUT2D eigenvalue weighted by Crippen LogP contribution is 2.19. The van der Waals surface area contributed by atoms with Gasteiger partial charge in [0.25, 0.3) is 5.91 Å². The van der Waals surface area contributed by atoms with Gasteiger partial charge in [-0.15, -0.1) is 0 Å². The van der Waals surface area contributed by atoms with E-state index in [9.17, 15) is 9.90 Å². The van der Waals surface area contributed by atoms with E-state index in [1.807, 2.05) is 24.3 Å². The minimum Gasteiger partial charge on any atom is -0.496 e. The van der Waals surface area contributed by atoms with Crippen LogP contribution in [0.25, 0.3) is 0 Å². The van der Waals surface area contributed by atoms with E-state index in [0.717, 1.165) is 5.56 Å². The van der Waals surface area contributed by atoms with E-state index < -0.39 is 6.10 Å². The molecule has 0 spiro atoms. The number of ether oxygens (including phenoxy) is 1. The van der Waals surface area contributed by atoms with Gasteiger partial charge in [0.1, 0.15) is 5.75 Å². The first kappa shape index (κ1) is 17.0. The number of nitrogens with one attached hydrogen (secondary N) is 1. The van der Waals surface area contributed by atoms with Crippen LogP contribution < -0.4 is 10.1 Å². The van der Waals surface area contributed by atoms with Crippen molar-refractivity contribution in [2.45, 2.75) is 25.9 Å². The van der Waals surface area contributed by atoms with Crippen molar-refractivity contribution in [3.05, 3.63) is 65.2 Å². The van der Waals surface area contributed by atoms with Gasteiger partial charge in [-0.05, 0) is 29.2 Å². The predicted molar refractivity (Wildman–Crippen MR) is 90.8 cm³/mol. The fourth-order valence-corrected chi connectivity index (χ4v) is 2.34. The number of methoxy groups -OCH3 is 1. The molecule has 2 N–H and O–H groups in total. The van der Waals surface area contributed by atoms with Gasteiger partial charge < -0.3 is 15.2 Å². The number of benzene rings is 2. The van der Waals surface area contributed by atoms with Crippen molar-refractivity contribution < 1.29 is 14.6 Å². The van der Waals surface area contributed by atoms with Crippen LogP contribution in [0.5, 0.6) is 5.75 Å². The minimum absolute atomic E-state index is 0.151. The Labute approximate surface area is 137 Å². The molecular formula is C19H23NO3. The smallest absolute Gasteiger partial charge is 0.255 e. The molecule has 1 atom stereocenters. The van der Waals surface area contributed by atoms with Crippen molar-refractivity contribution >= 4 is 5.91 Å². The van der Waals surface area contributed by atoms with Crippen LogP contribution in [0.3, 0.4) is 0 Å². The van der Waals surface area contributed by atoms with E-state index >= 15 is 0 Å². The minimum atomic E-state index is -0.741. The van der Waals surface area contributed by atoms with Crippen LogP contribution in [0.15, 0.2) is 48.5 Å². The van der Waals surface area contributed by atoms with Crippen LogP contribution in [0.1, 0.15) is 47.4 Å². The molecule has 0 saturated carbocycles. The van der Waals surface area contributed by atoms with Crippen LogP contribution in [-0.4, -0.2) is 24.7 Å². The Kier molecular flexibility index (Phi) is 5.77. The number of hydrogen-bond acceptors (Lipinski definition) is 3. The number of carbonyl (C=O) groups is 1. The zero-order chi connectivity index (χ0) is 16.8. The van der Waals surface area contributed by atoms with E-state index in [2.05, 4.69) is 19.2 Å². The Morgan fingerprint density at radius 3 is 2.30 bits per heavy atom. The van der Waals surface area contributed by atoms with Crippen molar-refractivity contribution in [1.82, 2.24) is 5.32 Å². The zero-order valence-corrected chi connectivity index (χ0v) is 13.7. The van der Waals surface area contributed by atoms with Crippen LogP contribution in [0.4, 0.5) is 0 Å². The Bertz CT molecular complexity index is 650. The molecule has 0 aromatic heterocycles. The zero-order valence-electron chi connectivity index (χ0n) is 13.7. The molecule has 1 amide bonds. The highest BCUT2D eigenvalue weighted by atomic mass is 16.5. The van der Waals surface area contributed by atoms with Gasteiger partial charge in [-0.3, -0.25) is 4.79 Å². The van der Waals surface area contributed by atoms with Gasteiger partial charge in [0, 0.05) is 6.54 Å². The lowest BCUT2D eigenvalue weighted by molar-refractivity contribution is 0.0913. The summed E-state index contributed by atoms with van der Waals surface area (Å²) >= 11 is 0. The molecule has 122 valence electrons. The SMILES string of the molecule is COc1ccccc1C(=O)NCC(O)c1ccc(C(C)C)cc1. The quantitative estimate of drug-likeness (QED) is 0.860. The maximum Gasteiger partial charge on any atom is 0.255 e. The largest absolute Gasteiger partial charge is 0.496 e. The lowest BCUT2D eigenvalue weighted by Gasteiger charge is -2.14. The number of aliphatic hydroxyl groups excluding tert-OH is 1. The summed E-state index contributed by atoms with van der Waals surface area (Å²) in [7, 11) is 1.53. The molecule has 2 aromatic rings. The van der Waals surface area contributed by atoms with Gasteiger partial charge in [-0.1, -0.05) is 50.2 Å². The second-order valence-electron chi connectivity index (χ2n) is 5.75. The summed E-state index contributed by atoms with van der Waals surface area (Å²) in [6.07, 6.45) is -0.741. The van der Waals surface area contributed by atoms with Crippen LogP contribution >= 0.6 is 0 Å². The van der Waals surface area contributed by atoms with E-state index in [0.29, 0.717) is 17.2 Å². The van der Waals surface area contributed by atoms with Crippen molar-refractivity contribution in [2.75, 3.05) is 13.7 Å². The average Bonchev–Trinajstić information content (AvgIpc) is 2.59. The topological polar surface area (TPSA) is 58.6 Å². The Morgan fingerprint density at radius 1 is 1.09 bits per heavy atom. The Hall–Kier alpha value is -2.33. The summed E-state index contributed by atoms with van der Waals surface area (Å²) in [4.78, 5) is 12.2. The Balaban J connectivity index is 1.98. The molecule has 23 heavy (non-hydrogen) atoms. The number of carbonyl (C=O) groups excluding carboxylic acids is 1. The summed E-state index contributed by atoms with van der Waals surface area (Å²) < 4.78 is 5.17. The highest BCUT2D eigenvalue weighted by Gasteiger charge is 2.14. The number of hydrogen-bond donors (Lipinski definition) is 2. The first-order chi connectivity index (χ1) is 11.0. The van der Waals surface area contributed by atoms with Gasteiger partial charge in [-0.2, -0.15) is 0 Å². The lowest BCUT2D eigenvalue weighted by atomic mass is 10.00. The standard InChI is InChI=1S/C19H23NO3/c1-13(2)14-8-10-15(11-9-14)17(21)12-20-19(22)16-6-4-5-7-18(16)23-3/h4-11,13,17,21H,12H2,1-3H3,(H,20,22). The lowest BCUT2D eigenvalue weighted by Crippen LogP contribution is -2.28. The monoisotopic (exact) mass is 313 g/mol. The number of aliphatic hydroxyl groups is 1. The fraction of sp³-hybridized carbons (Fsp3) is 0.316. The maximum absolute atomic E-state index is 12.2. The van der Waals surface area contributed by atoms with Crippen molar-refractivity contribution in [3.63, 3.8) is 0 Å². The summed E-state index contributed by atoms with van der Waals surface area (Å²) in [5, 5.41) is 13.0. The molecular weight excluding hydrogens is 290 g/mol. The molecule has 0 radical (unpaired) electrons. The Morgan fingerprint density at radius 2 is 1.70 bits per heavy atom. The van der Waals surface area contributed by atoms with Gasteiger partial charge >= 0.3 is 0 Å².